The number of para-hydroxylation sites is 1. The zero-order valence-electron chi connectivity index (χ0n) is 18.6. The van der Waals surface area contributed by atoms with Gasteiger partial charge in [-0.2, -0.15) is 0 Å². The van der Waals surface area contributed by atoms with Crippen molar-refractivity contribution in [1.82, 2.24) is 5.32 Å². The topological polar surface area (TPSA) is 78.9 Å². The molecule has 0 saturated carbocycles. The first-order chi connectivity index (χ1) is 16.0. The molecule has 6 heteroatoms. The van der Waals surface area contributed by atoms with Crippen LogP contribution in [0, 0.1) is 0 Å². The van der Waals surface area contributed by atoms with Crippen LogP contribution in [0.3, 0.4) is 0 Å². The standard InChI is InChI=1S/C27H28N2O4/c1-19(30)28-25(31)17-16-24-27(32)29(18-20-10-4-2-5-11-20)23-15-9-8-14-22(23)26(33-24)21-12-6-3-7-13-21/h2-15,19,24,26,30H,16-18H2,1H3,(H,28,31)/t19?,24-,26-/m0/s1. The Bertz CT molecular complexity index is 1090. The lowest BCUT2D eigenvalue weighted by molar-refractivity contribution is -0.133. The van der Waals surface area contributed by atoms with Crippen LogP contribution in [0.4, 0.5) is 5.69 Å². The van der Waals surface area contributed by atoms with Gasteiger partial charge in [-0.1, -0.05) is 78.9 Å². The molecule has 1 aliphatic heterocycles. The smallest absolute Gasteiger partial charge is 0.256 e. The van der Waals surface area contributed by atoms with E-state index >= 15 is 0 Å². The number of hydrogen-bond donors (Lipinski definition) is 2. The van der Waals surface area contributed by atoms with Gasteiger partial charge in [0.15, 0.2) is 0 Å². The summed E-state index contributed by atoms with van der Waals surface area (Å²) in [7, 11) is 0. The van der Waals surface area contributed by atoms with Gasteiger partial charge in [-0.05, 0) is 30.5 Å². The number of carbonyl (C=O) groups is 2. The maximum Gasteiger partial charge on any atom is 0.256 e. The fourth-order valence-corrected chi connectivity index (χ4v) is 4.12. The van der Waals surface area contributed by atoms with Crippen LogP contribution in [0.25, 0.3) is 0 Å². The van der Waals surface area contributed by atoms with Crippen molar-refractivity contribution in [3.8, 4) is 0 Å². The molecular formula is C27H28N2O4. The van der Waals surface area contributed by atoms with Crippen LogP contribution < -0.4 is 10.2 Å². The zero-order chi connectivity index (χ0) is 23.2. The molecular weight excluding hydrogens is 416 g/mol. The number of aliphatic hydroxyl groups is 1. The highest BCUT2D eigenvalue weighted by Gasteiger charge is 2.36. The summed E-state index contributed by atoms with van der Waals surface area (Å²) in [4.78, 5) is 27.7. The van der Waals surface area contributed by atoms with E-state index in [4.69, 9.17) is 4.74 Å². The Morgan fingerprint density at radius 3 is 2.33 bits per heavy atom. The first kappa shape index (κ1) is 22.7. The van der Waals surface area contributed by atoms with Crippen LogP contribution in [-0.4, -0.2) is 29.3 Å². The Balaban J connectivity index is 1.71. The van der Waals surface area contributed by atoms with Gasteiger partial charge in [-0.3, -0.25) is 9.59 Å². The van der Waals surface area contributed by atoms with Crippen molar-refractivity contribution in [3.63, 3.8) is 0 Å². The lowest BCUT2D eigenvalue weighted by Crippen LogP contribution is -2.40. The molecule has 1 aliphatic rings. The largest absolute Gasteiger partial charge is 0.374 e. The molecule has 3 atom stereocenters. The van der Waals surface area contributed by atoms with Crippen LogP contribution in [0.15, 0.2) is 84.9 Å². The fraction of sp³-hybridized carbons (Fsp3) is 0.259. The minimum absolute atomic E-state index is 0.0678. The number of anilines is 1. The quantitative estimate of drug-likeness (QED) is 0.541. The molecule has 1 heterocycles. The molecule has 6 nitrogen and oxygen atoms in total. The summed E-state index contributed by atoms with van der Waals surface area (Å²) in [6.45, 7) is 1.88. The van der Waals surface area contributed by atoms with E-state index in [0.717, 1.165) is 22.4 Å². The summed E-state index contributed by atoms with van der Waals surface area (Å²) >= 11 is 0. The van der Waals surface area contributed by atoms with Gasteiger partial charge in [0.1, 0.15) is 18.4 Å². The van der Waals surface area contributed by atoms with E-state index in [0.29, 0.717) is 6.54 Å². The predicted octanol–water partition coefficient (Wildman–Crippen LogP) is 3.94. The van der Waals surface area contributed by atoms with Crippen molar-refractivity contribution < 1.29 is 19.4 Å². The van der Waals surface area contributed by atoms with E-state index in [2.05, 4.69) is 5.32 Å². The maximum absolute atomic E-state index is 13.7. The lowest BCUT2D eigenvalue weighted by Gasteiger charge is -2.25. The Hall–Kier alpha value is -3.48. The van der Waals surface area contributed by atoms with Crippen molar-refractivity contribution in [2.24, 2.45) is 0 Å². The minimum atomic E-state index is -0.945. The van der Waals surface area contributed by atoms with Crippen molar-refractivity contribution >= 4 is 17.5 Å². The van der Waals surface area contributed by atoms with Crippen LogP contribution in [0.5, 0.6) is 0 Å². The first-order valence-electron chi connectivity index (χ1n) is 11.1. The van der Waals surface area contributed by atoms with Gasteiger partial charge in [0.05, 0.1) is 12.2 Å². The minimum Gasteiger partial charge on any atom is -0.374 e. The van der Waals surface area contributed by atoms with Crippen molar-refractivity contribution in [3.05, 3.63) is 102 Å². The molecule has 3 aromatic rings. The van der Waals surface area contributed by atoms with Crippen molar-refractivity contribution in [2.45, 2.75) is 44.7 Å². The predicted molar refractivity (Wildman–Crippen MR) is 126 cm³/mol. The summed E-state index contributed by atoms with van der Waals surface area (Å²) in [6.07, 6.45) is -1.93. The van der Waals surface area contributed by atoms with Gasteiger partial charge >= 0.3 is 0 Å². The van der Waals surface area contributed by atoms with Gasteiger partial charge < -0.3 is 20.1 Å². The SMILES string of the molecule is CC(O)NC(=O)CC[C@@H]1O[C@@H](c2ccccc2)c2ccccc2N(Cc2ccccc2)C1=O. The molecule has 0 aliphatic carbocycles. The number of amides is 2. The van der Waals surface area contributed by atoms with E-state index < -0.39 is 18.4 Å². The normalized spacial score (nSPS) is 18.8. The summed E-state index contributed by atoms with van der Waals surface area (Å²) in [5, 5.41) is 11.9. The lowest BCUT2D eigenvalue weighted by atomic mass is 9.99. The summed E-state index contributed by atoms with van der Waals surface area (Å²) in [5.41, 5.74) is 3.65. The molecule has 33 heavy (non-hydrogen) atoms. The number of rotatable bonds is 7. The van der Waals surface area contributed by atoms with Crippen molar-refractivity contribution in [2.75, 3.05) is 4.90 Å². The number of ether oxygens (including phenoxy) is 1. The number of nitrogens with zero attached hydrogens (tertiary/aromatic N) is 1. The molecule has 3 aromatic carbocycles. The Morgan fingerprint density at radius 2 is 1.64 bits per heavy atom. The van der Waals surface area contributed by atoms with Gasteiger partial charge in [0.2, 0.25) is 5.91 Å². The first-order valence-corrected chi connectivity index (χ1v) is 11.1. The number of aliphatic hydroxyl groups excluding tert-OH is 1. The van der Waals surface area contributed by atoms with E-state index in [1.165, 1.54) is 6.92 Å². The molecule has 1 unspecified atom stereocenters. The van der Waals surface area contributed by atoms with Gasteiger partial charge in [0.25, 0.3) is 5.91 Å². The molecule has 0 spiro atoms. The van der Waals surface area contributed by atoms with E-state index in [1.54, 1.807) is 4.90 Å². The third-order valence-electron chi connectivity index (χ3n) is 5.64. The zero-order valence-corrected chi connectivity index (χ0v) is 18.6. The second-order valence-corrected chi connectivity index (χ2v) is 8.17. The van der Waals surface area contributed by atoms with Gasteiger partial charge in [0, 0.05) is 12.0 Å². The number of nitrogens with one attached hydrogen (secondary N) is 1. The number of benzene rings is 3. The molecule has 2 N–H and O–H groups in total. The fourth-order valence-electron chi connectivity index (χ4n) is 4.12. The Labute approximate surface area is 193 Å². The molecule has 0 fully saturated rings. The molecule has 4 rings (SSSR count). The maximum atomic E-state index is 13.7. The van der Waals surface area contributed by atoms with E-state index in [-0.39, 0.29) is 24.7 Å². The average Bonchev–Trinajstić information content (AvgIpc) is 2.94. The number of carbonyl (C=O) groups excluding carboxylic acids is 2. The molecule has 0 saturated heterocycles. The Kier molecular flexibility index (Phi) is 7.17. The van der Waals surface area contributed by atoms with Crippen LogP contribution in [0.1, 0.15) is 42.6 Å². The van der Waals surface area contributed by atoms with Crippen molar-refractivity contribution in [1.29, 1.82) is 0 Å². The second kappa shape index (κ2) is 10.4. The molecule has 0 bridgehead atoms. The highest BCUT2D eigenvalue weighted by Crippen LogP contribution is 2.39. The summed E-state index contributed by atoms with van der Waals surface area (Å²) < 4.78 is 6.43. The Morgan fingerprint density at radius 1 is 1.00 bits per heavy atom. The molecule has 170 valence electrons. The van der Waals surface area contributed by atoms with Crippen LogP contribution >= 0.6 is 0 Å². The number of fused-ring (bicyclic) bond motifs is 1. The molecule has 0 aromatic heterocycles. The summed E-state index contributed by atoms with van der Waals surface area (Å²) in [6, 6.07) is 27.4. The average molecular weight is 445 g/mol. The monoisotopic (exact) mass is 444 g/mol. The summed E-state index contributed by atoms with van der Waals surface area (Å²) in [5.74, 6) is -0.511. The highest BCUT2D eigenvalue weighted by atomic mass is 16.5. The number of hydrogen-bond acceptors (Lipinski definition) is 4. The molecule has 2 amide bonds. The van der Waals surface area contributed by atoms with Crippen LogP contribution in [0.2, 0.25) is 0 Å². The van der Waals surface area contributed by atoms with Gasteiger partial charge in [-0.25, -0.2) is 0 Å². The van der Waals surface area contributed by atoms with E-state index in [9.17, 15) is 14.7 Å². The molecule has 0 radical (unpaired) electrons. The van der Waals surface area contributed by atoms with Gasteiger partial charge in [-0.15, -0.1) is 0 Å². The van der Waals surface area contributed by atoms with E-state index in [1.807, 2.05) is 84.9 Å². The highest BCUT2D eigenvalue weighted by molar-refractivity contribution is 5.98. The second-order valence-electron chi connectivity index (χ2n) is 8.17. The van der Waals surface area contributed by atoms with Crippen LogP contribution in [-0.2, 0) is 20.9 Å². The third-order valence-corrected chi connectivity index (χ3v) is 5.64. The third kappa shape index (κ3) is 5.48.